The maximum Gasteiger partial charge on any atom is 0.301 e. The fourth-order valence-electron chi connectivity index (χ4n) is 3.29. The Morgan fingerprint density at radius 2 is 1.69 bits per heavy atom. The largest absolute Gasteiger partial charge is 0.507 e. The zero-order valence-corrected chi connectivity index (χ0v) is 16.5. The molecule has 1 aliphatic heterocycles. The number of hydrogen-bond donors (Lipinski definition) is 1. The Hall–Kier alpha value is -3.32. The van der Waals surface area contributed by atoms with Gasteiger partial charge < -0.3 is 5.11 Å². The lowest BCUT2D eigenvalue weighted by atomic mass is 9.95. The van der Waals surface area contributed by atoms with Crippen LogP contribution in [0.25, 0.3) is 5.76 Å². The molecule has 1 aromatic heterocycles. The van der Waals surface area contributed by atoms with Crippen LogP contribution in [0.3, 0.4) is 0 Å². The smallest absolute Gasteiger partial charge is 0.301 e. The number of aromatic nitrogens is 1. The number of carbonyl (C=O) groups excluding carboxylic acids is 2. The number of halogens is 2. The van der Waals surface area contributed by atoms with Crippen molar-refractivity contribution in [3.05, 3.63) is 99.9 Å². The lowest BCUT2D eigenvalue weighted by Gasteiger charge is -2.24. The summed E-state index contributed by atoms with van der Waals surface area (Å²) in [6.07, 6.45) is 1.51. The van der Waals surface area contributed by atoms with Gasteiger partial charge in [-0.3, -0.25) is 14.5 Å². The van der Waals surface area contributed by atoms with Gasteiger partial charge in [-0.15, -0.1) is 0 Å². The number of Topliss-reactive ketones (excluding diaryl/α,β-unsaturated/α-hetero) is 1. The first kappa shape index (κ1) is 19.0. The van der Waals surface area contributed by atoms with E-state index >= 15 is 0 Å². The van der Waals surface area contributed by atoms with E-state index in [2.05, 4.69) is 20.9 Å². The number of benzene rings is 2. The minimum atomic E-state index is -0.936. The molecule has 0 spiro atoms. The number of pyridine rings is 1. The van der Waals surface area contributed by atoms with Crippen molar-refractivity contribution < 1.29 is 19.1 Å². The Labute approximate surface area is 174 Å². The molecule has 1 atom stereocenters. The highest BCUT2D eigenvalue weighted by molar-refractivity contribution is 9.10. The molecule has 5 nitrogen and oxygen atoms in total. The molecule has 1 aliphatic rings. The van der Waals surface area contributed by atoms with Gasteiger partial charge in [-0.2, -0.15) is 0 Å². The molecular formula is C22H14BrFN2O3. The number of hydrogen-bond acceptors (Lipinski definition) is 4. The number of carbonyl (C=O) groups is 2. The van der Waals surface area contributed by atoms with Gasteiger partial charge in [-0.25, -0.2) is 9.37 Å². The zero-order valence-electron chi connectivity index (χ0n) is 14.9. The molecule has 0 bridgehead atoms. The molecule has 0 saturated carbocycles. The summed E-state index contributed by atoms with van der Waals surface area (Å²) >= 11 is 3.32. The maximum atomic E-state index is 13.5. The third-order valence-electron chi connectivity index (χ3n) is 4.64. The van der Waals surface area contributed by atoms with Crippen LogP contribution in [-0.4, -0.2) is 21.8 Å². The fraction of sp³-hybridized carbons (Fsp3) is 0.0455. The summed E-state index contributed by atoms with van der Waals surface area (Å²) in [7, 11) is 0. The monoisotopic (exact) mass is 452 g/mol. The standard InChI is InChI=1S/C22H14BrFN2O3/c23-15-8-4-14(5-9-15)20(27)18-19(13-6-10-16(24)11-7-13)26(22(29)21(18)28)17-3-1-2-12-25-17/h1-12,19,27H/t19-/m0/s1. The molecule has 0 unspecified atom stereocenters. The van der Waals surface area contributed by atoms with E-state index in [9.17, 15) is 19.1 Å². The lowest BCUT2D eigenvalue weighted by Crippen LogP contribution is -2.30. The average molecular weight is 453 g/mol. The Morgan fingerprint density at radius 3 is 2.31 bits per heavy atom. The van der Waals surface area contributed by atoms with Gasteiger partial charge in [0.05, 0.1) is 11.6 Å². The van der Waals surface area contributed by atoms with E-state index < -0.39 is 23.5 Å². The van der Waals surface area contributed by atoms with Crippen LogP contribution in [0.15, 0.2) is 83.0 Å². The highest BCUT2D eigenvalue weighted by Gasteiger charge is 2.47. The number of amides is 1. The van der Waals surface area contributed by atoms with Crippen molar-refractivity contribution in [2.75, 3.05) is 4.90 Å². The van der Waals surface area contributed by atoms with Gasteiger partial charge in [0.2, 0.25) is 0 Å². The van der Waals surface area contributed by atoms with Crippen molar-refractivity contribution in [2.24, 2.45) is 0 Å². The molecule has 3 aromatic rings. The normalized spacial score (nSPS) is 18.3. The first-order valence-electron chi connectivity index (χ1n) is 8.71. The van der Waals surface area contributed by atoms with Gasteiger partial charge in [-0.1, -0.05) is 46.3 Å². The van der Waals surface area contributed by atoms with Crippen LogP contribution < -0.4 is 4.90 Å². The number of aliphatic hydroxyl groups is 1. The summed E-state index contributed by atoms with van der Waals surface area (Å²) in [5, 5.41) is 10.9. The van der Waals surface area contributed by atoms with E-state index in [-0.39, 0.29) is 17.2 Å². The Kier molecular flexibility index (Phi) is 4.98. The Bertz CT molecular complexity index is 1110. The summed E-state index contributed by atoms with van der Waals surface area (Å²) in [6.45, 7) is 0. The molecule has 1 fully saturated rings. The molecule has 1 amide bonds. The molecule has 1 N–H and O–H groups in total. The molecule has 144 valence electrons. The summed E-state index contributed by atoms with van der Waals surface area (Å²) in [5.74, 6) is -2.12. The van der Waals surface area contributed by atoms with Crippen molar-refractivity contribution in [2.45, 2.75) is 6.04 Å². The minimum Gasteiger partial charge on any atom is -0.507 e. The number of anilines is 1. The van der Waals surface area contributed by atoms with Crippen molar-refractivity contribution in [1.82, 2.24) is 4.98 Å². The zero-order chi connectivity index (χ0) is 20.5. The molecule has 0 aliphatic carbocycles. The van der Waals surface area contributed by atoms with Crippen molar-refractivity contribution in [1.29, 1.82) is 0 Å². The van der Waals surface area contributed by atoms with E-state index in [1.165, 1.54) is 35.4 Å². The van der Waals surface area contributed by atoms with Crippen molar-refractivity contribution >= 4 is 39.2 Å². The summed E-state index contributed by atoms with van der Waals surface area (Å²) in [4.78, 5) is 31.2. The SMILES string of the molecule is O=C1C(=O)N(c2ccccn2)[C@@H](c2ccc(F)cc2)C1=C(O)c1ccc(Br)cc1. The quantitative estimate of drug-likeness (QED) is 0.357. The fourth-order valence-corrected chi connectivity index (χ4v) is 3.55. The molecule has 7 heteroatoms. The van der Waals surface area contributed by atoms with Gasteiger partial charge in [0.1, 0.15) is 17.4 Å². The molecule has 1 saturated heterocycles. The van der Waals surface area contributed by atoms with E-state index in [1.807, 2.05) is 0 Å². The lowest BCUT2D eigenvalue weighted by molar-refractivity contribution is -0.132. The first-order chi connectivity index (χ1) is 14.0. The Balaban J connectivity index is 1.94. The van der Waals surface area contributed by atoms with Gasteiger partial charge >= 0.3 is 5.91 Å². The van der Waals surface area contributed by atoms with Crippen molar-refractivity contribution in [3.63, 3.8) is 0 Å². The van der Waals surface area contributed by atoms with Crippen LogP contribution in [-0.2, 0) is 9.59 Å². The highest BCUT2D eigenvalue weighted by atomic mass is 79.9. The van der Waals surface area contributed by atoms with Crippen LogP contribution in [0.2, 0.25) is 0 Å². The van der Waals surface area contributed by atoms with E-state index in [0.717, 1.165) is 4.47 Å². The van der Waals surface area contributed by atoms with Crippen LogP contribution in [0.4, 0.5) is 10.2 Å². The second-order valence-electron chi connectivity index (χ2n) is 6.42. The average Bonchev–Trinajstić information content (AvgIpc) is 3.00. The topological polar surface area (TPSA) is 70.5 Å². The number of ketones is 1. The third kappa shape index (κ3) is 3.45. The number of aliphatic hydroxyl groups excluding tert-OH is 1. The summed E-state index contributed by atoms with van der Waals surface area (Å²) in [6, 6.07) is 16.2. The second kappa shape index (κ2) is 7.60. The molecule has 2 heterocycles. The van der Waals surface area contributed by atoms with E-state index in [4.69, 9.17) is 0 Å². The first-order valence-corrected chi connectivity index (χ1v) is 9.50. The predicted octanol–water partition coefficient (Wildman–Crippen LogP) is 4.61. The van der Waals surface area contributed by atoms with Gasteiger partial charge in [-0.05, 0) is 42.0 Å². The van der Waals surface area contributed by atoms with Crippen LogP contribution in [0, 0.1) is 5.82 Å². The highest BCUT2D eigenvalue weighted by Crippen LogP contribution is 2.41. The van der Waals surface area contributed by atoms with Gasteiger partial charge in [0, 0.05) is 16.2 Å². The molecule has 4 rings (SSSR count). The van der Waals surface area contributed by atoms with E-state index in [0.29, 0.717) is 11.1 Å². The minimum absolute atomic E-state index is 0.0745. The van der Waals surface area contributed by atoms with Gasteiger partial charge in [0.25, 0.3) is 5.78 Å². The second-order valence-corrected chi connectivity index (χ2v) is 7.33. The number of nitrogens with zero attached hydrogens (tertiary/aromatic N) is 2. The van der Waals surface area contributed by atoms with Crippen LogP contribution in [0.5, 0.6) is 0 Å². The van der Waals surface area contributed by atoms with Crippen LogP contribution in [0.1, 0.15) is 17.2 Å². The molecule has 29 heavy (non-hydrogen) atoms. The predicted molar refractivity (Wildman–Crippen MR) is 110 cm³/mol. The molecular weight excluding hydrogens is 439 g/mol. The number of rotatable bonds is 3. The van der Waals surface area contributed by atoms with Gasteiger partial charge in [0.15, 0.2) is 0 Å². The van der Waals surface area contributed by atoms with E-state index in [1.54, 1.807) is 42.5 Å². The molecule has 2 aromatic carbocycles. The summed E-state index contributed by atoms with van der Waals surface area (Å²) < 4.78 is 14.3. The maximum absolute atomic E-state index is 13.5. The molecule has 0 radical (unpaired) electrons. The van der Waals surface area contributed by atoms with Crippen molar-refractivity contribution in [3.8, 4) is 0 Å². The third-order valence-corrected chi connectivity index (χ3v) is 5.17. The summed E-state index contributed by atoms with van der Waals surface area (Å²) in [5.41, 5.74) is 0.795. The van der Waals surface area contributed by atoms with Crippen LogP contribution >= 0.6 is 15.9 Å². The Morgan fingerprint density at radius 1 is 1.00 bits per heavy atom.